The van der Waals surface area contributed by atoms with Gasteiger partial charge in [-0.25, -0.2) is 4.99 Å². The number of benzene rings is 1. The van der Waals surface area contributed by atoms with Crippen molar-refractivity contribution < 1.29 is 14.3 Å². The summed E-state index contributed by atoms with van der Waals surface area (Å²) in [6.07, 6.45) is 1.55. The molecule has 0 bridgehead atoms. The van der Waals surface area contributed by atoms with E-state index in [4.69, 9.17) is 9.73 Å². The van der Waals surface area contributed by atoms with Gasteiger partial charge < -0.3 is 19.9 Å². The Balaban J connectivity index is 1.99. The number of nitrogens with one attached hydrogen (secondary N) is 1. The molecule has 0 spiro atoms. The van der Waals surface area contributed by atoms with Crippen molar-refractivity contribution in [1.29, 1.82) is 0 Å². The molecule has 1 aromatic rings. The van der Waals surface area contributed by atoms with Crippen LogP contribution in [0.5, 0.6) is 0 Å². The third kappa shape index (κ3) is 5.70. The first-order chi connectivity index (χ1) is 13.0. The molecule has 1 aromatic carbocycles. The zero-order valence-electron chi connectivity index (χ0n) is 16.7. The van der Waals surface area contributed by atoms with Gasteiger partial charge in [0.05, 0.1) is 19.6 Å². The molecule has 7 nitrogen and oxygen atoms in total. The van der Waals surface area contributed by atoms with Crippen molar-refractivity contribution in [1.82, 2.24) is 15.1 Å². The molecule has 0 aromatic heterocycles. The Morgan fingerprint density at radius 2 is 1.85 bits per heavy atom. The average molecular weight is 374 g/mol. The first-order valence-electron chi connectivity index (χ1n) is 9.38. The SMILES string of the molecule is CCNC(=NCc1ccc(C(=O)N(C)C)cc1)N1CCC(C(=O)OC)CC1. The number of methoxy groups -OCH3 is 1. The molecule has 1 amide bonds. The summed E-state index contributed by atoms with van der Waals surface area (Å²) in [6, 6.07) is 7.55. The van der Waals surface area contributed by atoms with Gasteiger partial charge in [0, 0.05) is 39.3 Å². The number of hydrogen-bond donors (Lipinski definition) is 1. The first kappa shape index (κ1) is 20.7. The molecule has 0 aliphatic carbocycles. The first-order valence-corrected chi connectivity index (χ1v) is 9.38. The summed E-state index contributed by atoms with van der Waals surface area (Å²) in [7, 11) is 4.93. The molecule has 1 heterocycles. The van der Waals surface area contributed by atoms with Gasteiger partial charge in [-0.05, 0) is 37.5 Å². The van der Waals surface area contributed by atoms with Crippen LogP contribution in [0.1, 0.15) is 35.7 Å². The van der Waals surface area contributed by atoms with Crippen molar-refractivity contribution >= 4 is 17.8 Å². The van der Waals surface area contributed by atoms with Crippen molar-refractivity contribution in [2.75, 3.05) is 40.8 Å². The minimum atomic E-state index is -0.121. The van der Waals surface area contributed by atoms with E-state index in [0.717, 1.165) is 44.0 Å². The third-order valence-corrected chi connectivity index (χ3v) is 4.68. The van der Waals surface area contributed by atoms with E-state index in [1.807, 2.05) is 31.2 Å². The highest BCUT2D eigenvalue weighted by Crippen LogP contribution is 2.18. The van der Waals surface area contributed by atoms with Crippen molar-refractivity contribution in [3.63, 3.8) is 0 Å². The molecule has 1 aliphatic heterocycles. The quantitative estimate of drug-likeness (QED) is 0.483. The van der Waals surface area contributed by atoms with Crippen LogP contribution in [0.25, 0.3) is 0 Å². The van der Waals surface area contributed by atoms with E-state index in [-0.39, 0.29) is 17.8 Å². The molecular weight excluding hydrogens is 344 g/mol. The Hall–Kier alpha value is -2.57. The fourth-order valence-corrected chi connectivity index (χ4v) is 3.10. The second kappa shape index (κ2) is 9.94. The summed E-state index contributed by atoms with van der Waals surface area (Å²) < 4.78 is 4.85. The third-order valence-electron chi connectivity index (χ3n) is 4.68. The molecule has 0 saturated carbocycles. The second-order valence-electron chi connectivity index (χ2n) is 6.85. The fraction of sp³-hybridized carbons (Fsp3) is 0.550. The number of hydrogen-bond acceptors (Lipinski definition) is 4. The number of ether oxygens (including phenoxy) is 1. The van der Waals surface area contributed by atoms with Gasteiger partial charge in [-0.3, -0.25) is 9.59 Å². The van der Waals surface area contributed by atoms with Crippen LogP contribution in [-0.2, 0) is 16.1 Å². The number of amides is 1. The van der Waals surface area contributed by atoms with E-state index in [1.54, 1.807) is 19.0 Å². The second-order valence-corrected chi connectivity index (χ2v) is 6.85. The number of nitrogens with zero attached hydrogens (tertiary/aromatic N) is 3. The Morgan fingerprint density at radius 3 is 2.37 bits per heavy atom. The number of rotatable bonds is 5. The summed E-state index contributed by atoms with van der Waals surface area (Å²) in [4.78, 5) is 32.1. The van der Waals surface area contributed by atoms with Crippen LogP contribution in [0.3, 0.4) is 0 Å². The number of guanidine groups is 1. The van der Waals surface area contributed by atoms with Gasteiger partial charge >= 0.3 is 5.97 Å². The minimum absolute atomic E-state index is 0.00753. The highest BCUT2D eigenvalue weighted by Gasteiger charge is 2.26. The normalized spacial score (nSPS) is 15.4. The monoisotopic (exact) mass is 374 g/mol. The smallest absolute Gasteiger partial charge is 0.308 e. The number of piperidine rings is 1. The Kier molecular flexibility index (Phi) is 7.64. The van der Waals surface area contributed by atoms with Gasteiger partial charge in [-0.15, -0.1) is 0 Å². The van der Waals surface area contributed by atoms with Crippen LogP contribution in [0.2, 0.25) is 0 Å². The number of carbonyl (C=O) groups is 2. The molecule has 0 radical (unpaired) electrons. The summed E-state index contributed by atoms with van der Waals surface area (Å²) >= 11 is 0. The maximum absolute atomic E-state index is 12.0. The number of aliphatic imine (C=N–C) groups is 1. The highest BCUT2D eigenvalue weighted by molar-refractivity contribution is 5.93. The molecule has 27 heavy (non-hydrogen) atoms. The van der Waals surface area contributed by atoms with Crippen molar-refractivity contribution in [3.8, 4) is 0 Å². The van der Waals surface area contributed by atoms with Crippen LogP contribution in [0.4, 0.5) is 0 Å². The summed E-state index contributed by atoms with van der Waals surface area (Å²) in [5.41, 5.74) is 1.72. The molecule has 1 N–H and O–H groups in total. The number of carbonyl (C=O) groups excluding carboxylic acids is 2. The molecule has 0 atom stereocenters. The molecule has 1 fully saturated rings. The molecule has 7 heteroatoms. The Bertz CT molecular complexity index is 662. The van der Waals surface area contributed by atoms with Gasteiger partial charge in [-0.2, -0.15) is 0 Å². The maximum atomic E-state index is 12.0. The summed E-state index contributed by atoms with van der Waals surface area (Å²) in [5.74, 6) is 0.709. The molecule has 0 unspecified atom stereocenters. The Morgan fingerprint density at radius 1 is 1.22 bits per heavy atom. The number of esters is 1. The van der Waals surface area contributed by atoms with Crippen LogP contribution in [0, 0.1) is 5.92 Å². The van der Waals surface area contributed by atoms with Crippen LogP contribution in [-0.4, -0.2) is 68.5 Å². The lowest BCUT2D eigenvalue weighted by atomic mass is 9.97. The molecule has 2 rings (SSSR count). The van der Waals surface area contributed by atoms with E-state index in [1.165, 1.54) is 7.11 Å². The molecule has 148 valence electrons. The van der Waals surface area contributed by atoms with Gasteiger partial charge in [-0.1, -0.05) is 12.1 Å². The summed E-state index contributed by atoms with van der Waals surface area (Å²) in [5, 5.41) is 3.32. The zero-order valence-corrected chi connectivity index (χ0v) is 16.7. The van der Waals surface area contributed by atoms with E-state index < -0.39 is 0 Å². The lowest BCUT2D eigenvalue weighted by molar-refractivity contribution is -0.146. The molecule has 1 aliphatic rings. The van der Waals surface area contributed by atoms with Crippen LogP contribution < -0.4 is 5.32 Å². The lowest BCUT2D eigenvalue weighted by Crippen LogP contribution is -2.46. The Labute approximate surface area is 161 Å². The van der Waals surface area contributed by atoms with Gasteiger partial charge in [0.2, 0.25) is 0 Å². The largest absolute Gasteiger partial charge is 0.469 e. The lowest BCUT2D eigenvalue weighted by Gasteiger charge is -2.33. The highest BCUT2D eigenvalue weighted by atomic mass is 16.5. The predicted octanol–water partition coefficient (Wildman–Crippen LogP) is 1.74. The standard InChI is InChI=1S/C20H30N4O3/c1-5-21-20(24-12-10-17(11-13-24)19(26)27-4)22-14-15-6-8-16(9-7-15)18(25)23(2)3/h6-9,17H,5,10-14H2,1-4H3,(H,21,22). The topological polar surface area (TPSA) is 74.2 Å². The van der Waals surface area contributed by atoms with E-state index in [2.05, 4.69) is 10.2 Å². The number of likely N-dealkylation sites (tertiary alicyclic amines) is 1. The predicted molar refractivity (Wildman–Crippen MR) is 106 cm³/mol. The van der Waals surface area contributed by atoms with Crippen molar-refractivity contribution in [3.05, 3.63) is 35.4 Å². The summed E-state index contributed by atoms with van der Waals surface area (Å²) in [6.45, 7) is 4.92. The van der Waals surface area contributed by atoms with Gasteiger partial charge in [0.1, 0.15) is 0 Å². The van der Waals surface area contributed by atoms with E-state index >= 15 is 0 Å². The van der Waals surface area contributed by atoms with E-state index in [9.17, 15) is 9.59 Å². The van der Waals surface area contributed by atoms with Crippen molar-refractivity contribution in [2.24, 2.45) is 10.9 Å². The maximum Gasteiger partial charge on any atom is 0.308 e. The van der Waals surface area contributed by atoms with E-state index in [0.29, 0.717) is 12.1 Å². The average Bonchev–Trinajstić information content (AvgIpc) is 2.70. The molecule has 1 saturated heterocycles. The fourth-order valence-electron chi connectivity index (χ4n) is 3.10. The molecular formula is C20H30N4O3. The van der Waals surface area contributed by atoms with Crippen molar-refractivity contribution in [2.45, 2.75) is 26.3 Å². The zero-order chi connectivity index (χ0) is 19.8. The van der Waals surface area contributed by atoms with Gasteiger partial charge in [0.25, 0.3) is 5.91 Å². The van der Waals surface area contributed by atoms with Crippen LogP contribution >= 0.6 is 0 Å². The van der Waals surface area contributed by atoms with Crippen LogP contribution in [0.15, 0.2) is 29.3 Å². The minimum Gasteiger partial charge on any atom is -0.469 e. The van der Waals surface area contributed by atoms with Gasteiger partial charge in [0.15, 0.2) is 5.96 Å².